The zero-order valence-electron chi connectivity index (χ0n) is 25.0. The number of nitriles is 1. The van der Waals surface area contributed by atoms with Gasteiger partial charge in [0.05, 0.1) is 18.6 Å². The second kappa shape index (κ2) is 13.7. The Bertz CT molecular complexity index is 1690. The lowest BCUT2D eigenvalue weighted by molar-refractivity contribution is -0.122. The van der Waals surface area contributed by atoms with Crippen molar-refractivity contribution in [1.29, 1.82) is 5.26 Å². The number of thiocarbonyl (C=S) groups is 1. The highest BCUT2D eigenvalue weighted by Gasteiger charge is 2.34. The van der Waals surface area contributed by atoms with E-state index in [1.54, 1.807) is 41.7 Å². The first-order valence-electron chi connectivity index (χ1n) is 14.6. The minimum Gasteiger partial charge on any atom is -0.497 e. The van der Waals surface area contributed by atoms with Crippen LogP contribution in [0, 0.1) is 24.1 Å². The molecule has 0 spiro atoms. The van der Waals surface area contributed by atoms with Crippen LogP contribution in [-0.2, 0) is 17.9 Å². The van der Waals surface area contributed by atoms with Crippen LogP contribution in [0.2, 0.25) is 0 Å². The molecule has 0 radical (unpaired) electrons. The molecule has 8 nitrogen and oxygen atoms in total. The van der Waals surface area contributed by atoms with Gasteiger partial charge in [0.15, 0.2) is 0 Å². The van der Waals surface area contributed by atoms with Crippen molar-refractivity contribution in [1.82, 2.24) is 9.47 Å². The normalized spacial score (nSPS) is 16.2. The zero-order valence-corrected chi connectivity index (χ0v) is 26.6. The van der Waals surface area contributed by atoms with Crippen LogP contribution in [0.15, 0.2) is 58.2 Å². The molecule has 0 aliphatic carbocycles. The number of carbonyl (C=O) groups excluding carboxylic acids is 1. The molecule has 1 aromatic heterocycles. The van der Waals surface area contributed by atoms with Gasteiger partial charge in [0, 0.05) is 44.0 Å². The SMILES string of the molecule is CCCCn1c(N2CCN(c3ccc(F)cc3)CC2)c(/C=C2\SC(=S)N(Cc3ccc(OC)cc3)C2=O)c(C)c(C#N)c1=O. The highest BCUT2D eigenvalue weighted by atomic mass is 32.2. The number of nitrogens with zero attached hydrogens (tertiary/aromatic N) is 5. The van der Waals surface area contributed by atoms with E-state index in [4.69, 9.17) is 17.0 Å². The van der Waals surface area contributed by atoms with E-state index in [9.17, 15) is 19.2 Å². The van der Waals surface area contributed by atoms with Gasteiger partial charge >= 0.3 is 0 Å². The summed E-state index contributed by atoms with van der Waals surface area (Å²) in [5.41, 5.74) is 2.83. The van der Waals surface area contributed by atoms with Gasteiger partial charge in [0.2, 0.25) is 0 Å². The number of hydrogen-bond acceptors (Lipinski definition) is 8. The van der Waals surface area contributed by atoms with Gasteiger partial charge in [0.1, 0.15) is 33.3 Å². The molecule has 3 heterocycles. The maximum absolute atomic E-state index is 13.7. The van der Waals surface area contributed by atoms with E-state index in [-0.39, 0.29) is 22.8 Å². The number of aromatic nitrogens is 1. The predicted molar refractivity (Wildman–Crippen MR) is 178 cm³/mol. The summed E-state index contributed by atoms with van der Waals surface area (Å²) in [7, 11) is 1.60. The van der Waals surface area contributed by atoms with Gasteiger partial charge in [-0.15, -0.1) is 0 Å². The molecular formula is C33H34FN5O3S2. The number of halogens is 1. The summed E-state index contributed by atoms with van der Waals surface area (Å²) >= 11 is 6.85. The molecule has 2 aliphatic heterocycles. The summed E-state index contributed by atoms with van der Waals surface area (Å²) < 4.78 is 20.9. The van der Waals surface area contributed by atoms with E-state index in [0.717, 1.165) is 29.8 Å². The number of unbranched alkanes of at least 4 members (excludes halogenated alkanes) is 1. The van der Waals surface area contributed by atoms with Crippen LogP contribution < -0.4 is 20.1 Å². The molecule has 0 unspecified atom stereocenters. The predicted octanol–water partition coefficient (Wildman–Crippen LogP) is 5.70. The van der Waals surface area contributed by atoms with Crippen LogP contribution in [-0.4, -0.2) is 53.0 Å². The van der Waals surface area contributed by atoms with Crippen LogP contribution in [0.25, 0.3) is 6.08 Å². The Hall–Kier alpha value is -4.14. The van der Waals surface area contributed by atoms with E-state index >= 15 is 0 Å². The van der Waals surface area contributed by atoms with Gasteiger partial charge in [-0.05, 0) is 66.9 Å². The Balaban J connectivity index is 1.52. The second-order valence-electron chi connectivity index (χ2n) is 10.7. The molecule has 1 amide bonds. The van der Waals surface area contributed by atoms with Gasteiger partial charge < -0.3 is 14.5 Å². The second-order valence-corrected chi connectivity index (χ2v) is 12.4. The van der Waals surface area contributed by atoms with Crippen molar-refractivity contribution in [3.8, 4) is 11.8 Å². The molecule has 2 saturated heterocycles. The Morgan fingerprint density at radius 1 is 1.05 bits per heavy atom. The van der Waals surface area contributed by atoms with Crippen LogP contribution in [0.1, 0.15) is 42.0 Å². The number of pyridine rings is 1. The van der Waals surface area contributed by atoms with Crippen LogP contribution in [0.5, 0.6) is 5.75 Å². The monoisotopic (exact) mass is 631 g/mol. The third kappa shape index (κ3) is 6.37. The Labute approximate surface area is 266 Å². The first kappa shape index (κ1) is 31.3. The average molecular weight is 632 g/mol. The fourth-order valence-electron chi connectivity index (χ4n) is 5.52. The Morgan fingerprint density at radius 3 is 2.32 bits per heavy atom. The fraction of sp³-hybridized carbons (Fsp3) is 0.333. The Morgan fingerprint density at radius 2 is 1.70 bits per heavy atom. The molecule has 0 atom stereocenters. The maximum Gasteiger partial charge on any atom is 0.270 e. The Kier molecular flexibility index (Phi) is 9.71. The molecule has 5 rings (SSSR count). The molecule has 2 fully saturated rings. The molecule has 2 aromatic carbocycles. The zero-order chi connectivity index (χ0) is 31.4. The summed E-state index contributed by atoms with van der Waals surface area (Å²) in [5.74, 6) is 0.942. The quantitative estimate of drug-likeness (QED) is 0.220. The highest BCUT2D eigenvalue weighted by Crippen LogP contribution is 2.37. The molecular weight excluding hydrogens is 598 g/mol. The third-order valence-corrected chi connectivity index (χ3v) is 9.38. The summed E-state index contributed by atoms with van der Waals surface area (Å²) in [6.45, 7) is 7.14. The lowest BCUT2D eigenvalue weighted by Gasteiger charge is -2.39. The number of amides is 1. The number of piperazine rings is 1. The number of methoxy groups -OCH3 is 1. The summed E-state index contributed by atoms with van der Waals surface area (Å²) in [5, 5.41) is 10.0. The van der Waals surface area contributed by atoms with Crippen molar-refractivity contribution in [2.45, 2.75) is 39.8 Å². The third-order valence-electron chi connectivity index (χ3n) is 8.00. The molecule has 11 heteroatoms. The van der Waals surface area contributed by atoms with Crippen molar-refractivity contribution in [3.63, 3.8) is 0 Å². The van der Waals surface area contributed by atoms with Crippen molar-refractivity contribution < 1.29 is 13.9 Å². The average Bonchev–Trinajstić information content (AvgIpc) is 3.30. The van der Waals surface area contributed by atoms with Gasteiger partial charge in [0.25, 0.3) is 11.5 Å². The van der Waals surface area contributed by atoms with Gasteiger partial charge in [-0.1, -0.05) is 49.5 Å². The largest absolute Gasteiger partial charge is 0.497 e. The van der Waals surface area contributed by atoms with Crippen molar-refractivity contribution in [3.05, 3.63) is 91.9 Å². The lowest BCUT2D eigenvalue weighted by Crippen LogP contribution is -2.48. The number of ether oxygens (including phenoxy) is 1. The molecule has 44 heavy (non-hydrogen) atoms. The van der Waals surface area contributed by atoms with Gasteiger partial charge in [-0.3, -0.25) is 19.1 Å². The molecule has 0 bridgehead atoms. The highest BCUT2D eigenvalue weighted by molar-refractivity contribution is 8.26. The first-order chi connectivity index (χ1) is 21.2. The number of anilines is 2. The fourth-order valence-corrected chi connectivity index (χ4v) is 6.75. The maximum atomic E-state index is 13.7. The van der Waals surface area contributed by atoms with E-state index < -0.39 is 0 Å². The molecule has 3 aromatic rings. The van der Waals surface area contributed by atoms with Crippen LogP contribution in [0.3, 0.4) is 0 Å². The number of hydrogen-bond donors (Lipinski definition) is 0. The molecule has 0 N–H and O–H groups in total. The smallest absolute Gasteiger partial charge is 0.270 e. The standard InChI is InChI=1S/C33H34FN5O3S2/c1-4-5-14-38-30(37-17-15-36(16-18-37)25-10-8-24(34)9-11-25)27(22(2)28(20-35)31(38)40)19-29-32(41)39(33(43)44-29)21-23-6-12-26(42-3)13-7-23/h6-13,19H,4-5,14-18,21H2,1-3H3/b29-19-. The van der Waals surface area contributed by atoms with Crippen LogP contribution >= 0.6 is 24.0 Å². The number of thioether (sulfide) groups is 1. The van der Waals surface area contributed by atoms with Gasteiger partial charge in [-0.2, -0.15) is 5.26 Å². The van der Waals surface area contributed by atoms with Crippen molar-refractivity contribution >= 4 is 51.8 Å². The summed E-state index contributed by atoms with van der Waals surface area (Å²) in [6.07, 6.45) is 3.44. The van der Waals surface area contributed by atoms with E-state index in [2.05, 4.69) is 22.8 Å². The summed E-state index contributed by atoms with van der Waals surface area (Å²) in [6, 6.07) is 16.1. The minimum absolute atomic E-state index is 0.0785. The first-order valence-corrected chi connectivity index (χ1v) is 15.8. The number of benzene rings is 2. The lowest BCUT2D eigenvalue weighted by atomic mass is 10.0. The minimum atomic E-state index is -0.321. The number of carbonyl (C=O) groups is 1. The molecule has 228 valence electrons. The van der Waals surface area contributed by atoms with Gasteiger partial charge in [-0.25, -0.2) is 4.39 Å². The van der Waals surface area contributed by atoms with Crippen molar-refractivity contribution in [2.75, 3.05) is 43.1 Å². The summed E-state index contributed by atoms with van der Waals surface area (Å²) in [4.78, 5) is 33.7. The van der Waals surface area contributed by atoms with Crippen LogP contribution in [0.4, 0.5) is 15.9 Å². The topological polar surface area (TPSA) is 81.8 Å². The van der Waals surface area contributed by atoms with E-state index in [0.29, 0.717) is 65.4 Å². The number of rotatable bonds is 9. The van der Waals surface area contributed by atoms with E-state index in [1.165, 1.54) is 23.9 Å². The van der Waals surface area contributed by atoms with E-state index in [1.807, 2.05) is 24.3 Å². The van der Waals surface area contributed by atoms with Crippen molar-refractivity contribution in [2.24, 2.45) is 0 Å². The molecule has 2 aliphatic rings. The molecule has 0 saturated carbocycles.